The highest BCUT2D eigenvalue weighted by Gasteiger charge is 2.11. The Balaban J connectivity index is 2.19. The highest BCUT2D eigenvalue weighted by atomic mass is 35.5. The molecule has 0 aliphatic carbocycles. The molecule has 2 aromatic carbocycles. The summed E-state index contributed by atoms with van der Waals surface area (Å²) in [5, 5.41) is 13.6. The van der Waals surface area contributed by atoms with Gasteiger partial charge in [-0.1, -0.05) is 23.7 Å². The summed E-state index contributed by atoms with van der Waals surface area (Å²) in [4.78, 5) is 33.5. The number of nitrogens with one attached hydrogen (secondary N) is 1. The molecule has 3 N–H and O–H groups in total. The highest BCUT2D eigenvalue weighted by molar-refractivity contribution is 6.34. The van der Waals surface area contributed by atoms with E-state index in [-0.39, 0.29) is 27.5 Å². The summed E-state index contributed by atoms with van der Waals surface area (Å²) in [6.45, 7) is 0. The number of hydrogen-bond acceptors (Lipinski definition) is 4. The second-order valence-electron chi connectivity index (χ2n) is 4.70. The zero-order chi connectivity index (χ0) is 17.7. The molecule has 0 bridgehead atoms. The predicted molar refractivity (Wildman–Crippen MR) is 90.7 cm³/mol. The van der Waals surface area contributed by atoms with Crippen LogP contribution in [0.5, 0.6) is 0 Å². The molecule has 0 fully saturated rings. The van der Waals surface area contributed by atoms with Gasteiger partial charge in [-0.15, -0.1) is 0 Å². The van der Waals surface area contributed by atoms with Crippen LogP contribution in [0.2, 0.25) is 5.02 Å². The predicted octanol–water partition coefficient (Wildman–Crippen LogP) is 3.00. The molecule has 7 nitrogen and oxygen atoms in total. The number of rotatable bonds is 5. The van der Waals surface area contributed by atoms with Gasteiger partial charge in [0, 0.05) is 17.7 Å². The van der Waals surface area contributed by atoms with Crippen LogP contribution in [-0.4, -0.2) is 16.7 Å². The average Bonchev–Trinajstić information content (AvgIpc) is 2.55. The lowest BCUT2D eigenvalue weighted by Gasteiger charge is -2.06. The number of nitrogens with two attached hydrogens (primary N) is 1. The van der Waals surface area contributed by atoms with Gasteiger partial charge in [0.25, 0.3) is 5.69 Å². The number of amides is 2. The summed E-state index contributed by atoms with van der Waals surface area (Å²) in [6, 6.07) is 10.2. The molecule has 8 heteroatoms. The third-order valence-electron chi connectivity index (χ3n) is 3.06. The van der Waals surface area contributed by atoms with E-state index in [1.54, 1.807) is 6.07 Å². The van der Waals surface area contributed by atoms with Crippen molar-refractivity contribution >= 4 is 40.9 Å². The van der Waals surface area contributed by atoms with Crippen molar-refractivity contribution in [1.29, 1.82) is 0 Å². The number of nitro benzene ring substituents is 1. The van der Waals surface area contributed by atoms with Gasteiger partial charge in [0.15, 0.2) is 0 Å². The van der Waals surface area contributed by atoms with E-state index in [0.29, 0.717) is 0 Å². The fourth-order valence-electron chi connectivity index (χ4n) is 1.91. The molecule has 2 amide bonds. The van der Waals surface area contributed by atoms with E-state index in [4.69, 9.17) is 17.3 Å². The maximum atomic E-state index is 12.0. The Labute approximate surface area is 141 Å². The van der Waals surface area contributed by atoms with Crippen LogP contribution in [0, 0.1) is 10.1 Å². The minimum absolute atomic E-state index is 0.115. The minimum atomic E-state index is -0.655. The van der Waals surface area contributed by atoms with E-state index in [1.165, 1.54) is 42.5 Å². The van der Waals surface area contributed by atoms with Gasteiger partial charge >= 0.3 is 0 Å². The number of halogens is 1. The van der Waals surface area contributed by atoms with Crippen LogP contribution in [0.25, 0.3) is 6.08 Å². The van der Waals surface area contributed by atoms with Gasteiger partial charge in [-0.3, -0.25) is 19.7 Å². The normalized spacial score (nSPS) is 10.5. The second kappa shape index (κ2) is 7.38. The molecule has 0 saturated carbocycles. The maximum Gasteiger partial charge on any atom is 0.276 e. The fraction of sp³-hybridized carbons (Fsp3) is 0. The molecule has 0 saturated heterocycles. The number of primary amides is 1. The molecule has 0 aliphatic heterocycles. The molecule has 0 unspecified atom stereocenters. The SMILES string of the molecule is NC(=O)c1ccc(Cl)c(NC(=O)C=Cc2ccccc2[N+](=O)[O-])c1. The number of nitrogens with zero attached hydrogens (tertiary/aromatic N) is 1. The summed E-state index contributed by atoms with van der Waals surface area (Å²) < 4.78 is 0. The largest absolute Gasteiger partial charge is 0.366 e. The van der Waals surface area contributed by atoms with Crippen LogP contribution >= 0.6 is 11.6 Å². The number of benzene rings is 2. The van der Waals surface area contributed by atoms with Crippen molar-refractivity contribution in [3.05, 3.63) is 74.8 Å². The molecule has 0 atom stereocenters. The lowest BCUT2D eigenvalue weighted by Crippen LogP contribution is -2.13. The average molecular weight is 346 g/mol. The van der Waals surface area contributed by atoms with E-state index < -0.39 is 16.7 Å². The van der Waals surface area contributed by atoms with Crippen LogP contribution in [0.4, 0.5) is 11.4 Å². The van der Waals surface area contributed by atoms with E-state index in [1.807, 2.05) is 0 Å². The van der Waals surface area contributed by atoms with Gasteiger partial charge in [0.1, 0.15) is 0 Å². The molecule has 2 aromatic rings. The van der Waals surface area contributed by atoms with Crippen LogP contribution in [0.1, 0.15) is 15.9 Å². The first-order valence-corrected chi connectivity index (χ1v) is 7.08. The third-order valence-corrected chi connectivity index (χ3v) is 3.39. The molecule has 24 heavy (non-hydrogen) atoms. The van der Waals surface area contributed by atoms with Gasteiger partial charge in [0.2, 0.25) is 11.8 Å². The third kappa shape index (κ3) is 4.17. The Morgan fingerprint density at radius 1 is 1.21 bits per heavy atom. The van der Waals surface area contributed by atoms with Crippen molar-refractivity contribution in [1.82, 2.24) is 0 Å². The van der Waals surface area contributed by atoms with Crippen LogP contribution in [0.15, 0.2) is 48.5 Å². The van der Waals surface area contributed by atoms with E-state index in [9.17, 15) is 19.7 Å². The molecule has 0 spiro atoms. The molecular formula is C16H12ClN3O4. The Kier molecular flexibility index (Phi) is 5.28. The number of carbonyl (C=O) groups is 2. The Morgan fingerprint density at radius 3 is 2.58 bits per heavy atom. The maximum absolute atomic E-state index is 12.0. The lowest BCUT2D eigenvalue weighted by molar-refractivity contribution is -0.385. The summed E-state index contributed by atoms with van der Waals surface area (Å²) in [5.74, 6) is -1.21. The first-order valence-electron chi connectivity index (χ1n) is 6.70. The zero-order valence-electron chi connectivity index (χ0n) is 12.2. The van der Waals surface area contributed by atoms with Gasteiger partial charge in [-0.05, 0) is 30.3 Å². The van der Waals surface area contributed by atoms with Gasteiger partial charge in [-0.25, -0.2) is 0 Å². The van der Waals surface area contributed by atoms with E-state index >= 15 is 0 Å². The molecule has 0 aliphatic rings. The topological polar surface area (TPSA) is 115 Å². The zero-order valence-corrected chi connectivity index (χ0v) is 13.0. The van der Waals surface area contributed by atoms with Crippen LogP contribution < -0.4 is 11.1 Å². The quantitative estimate of drug-likeness (QED) is 0.492. The Hall–Kier alpha value is -3.19. The monoisotopic (exact) mass is 345 g/mol. The summed E-state index contributed by atoms with van der Waals surface area (Å²) >= 11 is 5.95. The number of hydrogen-bond donors (Lipinski definition) is 2. The van der Waals surface area contributed by atoms with Gasteiger partial charge in [-0.2, -0.15) is 0 Å². The Bertz CT molecular complexity index is 849. The van der Waals surface area contributed by atoms with Crippen LogP contribution in [0.3, 0.4) is 0 Å². The van der Waals surface area contributed by atoms with E-state index in [0.717, 1.165) is 6.08 Å². The number of para-hydroxylation sites is 1. The van der Waals surface area contributed by atoms with Crippen molar-refractivity contribution in [2.24, 2.45) is 5.73 Å². The van der Waals surface area contributed by atoms with Crippen molar-refractivity contribution in [3.8, 4) is 0 Å². The summed E-state index contributed by atoms with van der Waals surface area (Å²) in [5.41, 5.74) is 5.75. The summed E-state index contributed by atoms with van der Waals surface area (Å²) in [6.07, 6.45) is 2.45. The van der Waals surface area contributed by atoms with Crippen molar-refractivity contribution in [2.75, 3.05) is 5.32 Å². The standard InChI is InChI=1S/C16H12ClN3O4/c17-12-7-5-11(16(18)22)9-13(12)19-15(21)8-6-10-3-1-2-4-14(10)20(23)24/h1-9H,(H2,18,22)(H,19,21). The molecule has 2 rings (SSSR count). The van der Waals surface area contributed by atoms with Crippen molar-refractivity contribution < 1.29 is 14.5 Å². The van der Waals surface area contributed by atoms with Crippen molar-refractivity contribution in [2.45, 2.75) is 0 Å². The van der Waals surface area contributed by atoms with Crippen molar-refractivity contribution in [3.63, 3.8) is 0 Å². The molecule has 122 valence electrons. The van der Waals surface area contributed by atoms with E-state index in [2.05, 4.69) is 5.32 Å². The van der Waals surface area contributed by atoms with Crippen LogP contribution in [-0.2, 0) is 4.79 Å². The minimum Gasteiger partial charge on any atom is -0.366 e. The highest BCUT2D eigenvalue weighted by Crippen LogP contribution is 2.23. The number of carbonyl (C=O) groups excluding carboxylic acids is 2. The number of nitro groups is 1. The fourth-order valence-corrected chi connectivity index (χ4v) is 2.07. The smallest absolute Gasteiger partial charge is 0.276 e. The van der Waals surface area contributed by atoms with Gasteiger partial charge < -0.3 is 11.1 Å². The Morgan fingerprint density at radius 2 is 1.92 bits per heavy atom. The lowest BCUT2D eigenvalue weighted by atomic mass is 10.1. The summed E-state index contributed by atoms with van der Waals surface area (Å²) in [7, 11) is 0. The first-order chi connectivity index (χ1) is 11.4. The first kappa shape index (κ1) is 17.2. The molecule has 0 aromatic heterocycles. The molecule has 0 heterocycles. The second-order valence-corrected chi connectivity index (χ2v) is 5.10. The number of anilines is 1. The van der Waals surface area contributed by atoms with Gasteiger partial charge in [0.05, 0.1) is 21.2 Å². The molecule has 0 radical (unpaired) electrons. The molecular weight excluding hydrogens is 334 g/mol.